The molecular formula is C16H22N2O2. The van der Waals surface area contributed by atoms with Crippen molar-refractivity contribution in [2.45, 2.75) is 52.3 Å². The molecule has 3 rings (SSSR count). The number of nitrogens with one attached hydrogen (secondary N) is 1. The van der Waals surface area contributed by atoms with Gasteiger partial charge in [-0.05, 0) is 44.4 Å². The van der Waals surface area contributed by atoms with Crippen LogP contribution in [0.3, 0.4) is 0 Å². The van der Waals surface area contributed by atoms with Crippen molar-refractivity contribution in [2.75, 3.05) is 6.54 Å². The van der Waals surface area contributed by atoms with E-state index in [1.807, 2.05) is 11.8 Å². The minimum atomic E-state index is -0.530. The highest BCUT2D eigenvalue weighted by Gasteiger charge is 2.48. The third kappa shape index (κ3) is 1.86. The lowest BCUT2D eigenvalue weighted by molar-refractivity contribution is -0.0837. The Labute approximate surface area is 120 Å². The van der Waals surface area contributed by atoms with Gasteiger partial charge in [0.1, 0.15) is 5.75 Å². The molecule has 2 aliphatic rings. The predicted molar refractivity (Wildman–Crippen MR) is 77.8 cm³/mol. The fraction of sp³-hybridized carbons (Fsp3) is 0.562. The monoisotopic (exact) mass is 274 g/mol. The zero-order chi connectivity index (χ0) is 14.5. The predicted octanol–water partition coefficient (Wildman–Crippen LogP) is 3.28. The van der Waals surface area contributed by atoms with Crippen molar-refractivity contribution in [2.24, 2.45) is 0 Å². The van der Waals surface area contributed by atoms with Gasteiger partial charge in [0.05, 0.1) is 6.04 Å². The van der Waals surface area contributed by atoms with Gasteiger partial charge in [0.2, 0.25) is 0 Å². The lowest BCUT2D eigenvalue weighted by atomic mass is 9.88. The summed E-state index contributed by atoms with van der Waals surface area (Å²) in [5, 5.41) is 3.12. The number of fused-ring (bicyclic) bond motifs is 4. The molecule has 1 saturated heterocycles. The summed E-state index contributed by atoms with van der Waals surface area (Å²) in [7, 11) is 0. The summed E-state index contributed by atoms with van der Waals surface area (Å²) in [6.07, 6.45) is 1.73. The smallest absolute Gasteiger partial charge is 0.320 e. The summed E-state index contributed by atoms with van der Waals surface area (Å²) in [6, 6.07) is 4.28. The van der Waals surface area contributed by atoms with E-state index in [0.717, 1.165) is 30.7 Å². The van der Waals surface area contributed by atoms with Crippen LogP contribution in [0.2, 0.25) is 0 Å². The van der Waals surface area contributed by atoms with Gasteiger partial charge in [0, 0.05) is 18.5 Å². The Balaban J connectivity index is 2.05. The Kier molecular flexibility index (Phi) is 2.92. The molecule has 4 nitrogen and oxygen atoms in total. The molecule has 0 saturated carbocycles. The van der Waals surface area contributed by atoms with Crippen molar-refractivity contribution in [3.05, 3.63) is 28.8 Å². The van der Waals surface area contributed by atoms with E-state index < -0.39 is 5.72 Å². The molecule has 4 heteroatoms. The fourth-order valence-corrected chi connectivity index (χ4v) is 3.24. The summed E-state index contributed by atoms with van der Waals surface area (Å²) in [6.45, 7) is 9.00. The molecule has 0 radical (unpaired) electrons. The number of amides is 2. The highest BCUT2D eigenvalue weighted by molar-refractivity contribution is 5.77. The van der Waals surface area contributed by atoms with Crippen LogP contribution in [0.25, 0.3) is 0 Å². The van der Waals surface area contributed by atoms with E-state index in [-0.39, 0.29) is 12.1 Å². The molecule has 2 bridgehead atoms. The fourth-order valence-electron chi connectivity index (χ4n) is 3.24. The number of nitrogens with zero attached hydrogens (tertiary/aromatic N) is 1. The molecule has 2 amide bonds. The first kappa shape index (κ1) is 13.3. The molecule has 20 heavy (non-hydrogen) atoms. The van der Waals surface area contributed by atoms with Crippen molar-refractivity contribution in [3.8, 4) is 5.75 Å². The van der Waals surface area contributed by atoms with Gasteiger partial charge in [-0.1, -0.05) is 13.0 Å². The van der Waals surface area contributed by atoms with Gasteiger partial charge in [0.25, 0.3) is 0 Å². The van der Waals surface area contributed by atoms with E-state index in [1.54, 1.807) is 0 Å². The Morgan fingerprint density at radius 1 is 1.40 bits per heavy atom. The van der Waals surface area contributed by atoms with Gasteiger partial charge in [-0.25, -0.2) is 4.79 Å². The van der Waals surface area contributed by atoms with Gasteiger partial charge in [0.15, 0.2) is 5.72 Å². The van der Waals surface area contributed by atoms with Crippen molar-refractivity contribution >= 4 is 6.03 Å². The highest BCUT2D eigenvalue weighted by Crippen LogP contribution is 2.44. The molecule has 1 aromatic rings. The second kappa shape index (κ2) is 4.40. The quantitative estimate of drug-likeness (QED) is 0.899. The van der Waals surface area contributed by atoms with Crippen LogP contribution in [-0.2, 0) is 0 Å². The van der Waals surface area contributed by atoms with Crippen LogP contribution in [0.15, 0.2) is 12.1 Å². The lowest BCUT2D eigenvalue weighted by Gasteiger charge is -2.50. The Bertz CT molecular complexity index is 570. The third-order valence-electron chi connectivity index (χ3n) is 4.48. The number of rotatable bonds is 2. The van der Waals surface area contributed by atoms with E-state index >= 15 is 0 Å². The molecule has 2 heterocycles. The number of urea groups is 1. The topological polar surface area (TPSA) is 41.6 Å². The largest absolute Gasteiger partial charge is 0.468 e. The van der Waals surface area contributed by atoms with Gasteiger partial charge < -0.3 is 10.1 Å². The molecule has 0 aliphatic carbocycles. The van der Waals surface area contributed by atoms with Gasteiger partial charge in [-0.15, -0.1) is 0 Å². The van der Waals surface area contributed by atoms with Gasteiger partial charge in [-0.3, -0.25) is 4.90 Å². The van der Waals surface area contributed by atoms with E-state index in [9.17, 15) is 4.79 Å². The first-order valence-corrected chi connectivity index (χ1v) is 7.33. The first-order valence-electron chi connectivity index (χ1n) is 7.33. The number of ether oxygens (including phenoxy) is 1. The lowest BCUT2D eigenvalue weighted by Crippen LogP contribution is -2.64. The Hall–Kier alpha value is -1.71. The molecule has 2 unspecified atom stereocenters. The van der Waals surface area contributed by atoms with Crippen LogP contribution in [0.4, 0.5) is 4.79 Å². The maximum absolute atomic E-state index is 12.3. The van der Waals surface area contributed by atoms with Crippen LogP contribution in [-0.4, -0.2) is 23.2 Å². The van der Waals surface area contributed by atoms with Crippen LogP contribution in [0, 0.1) is 13.8 Å². The molecule has 1 N–H and O–H groups in total. The molecule has 2 aliphatic heterocycles. The number of carbonyl (C=O) groups is 1. The SMILES string of the molecule is CCCN1C(=O)NC2CC1(C)Oc1cc(C)c(C)cc12. The van der Waals surface area contributed by atoms with E-state index in [2.05, 4.69) is 38.2 Å². The van der Waals surface area contributed by atoms with E-state index in [4.69, 9.17) is 4.74 Å². The van der Waals surface area contributed by atoms with Crippen molar-refractivity contribution in [1.82, 2.24) is 10.2 Å². The number of benzene rings is 1. The zero-order valence-corrected chi connectivity index (χ0v) is 12.6. The number of hydrogen-bond acceptors (Lipinski definition) is 2. The minimum Gasteiger partial charge on any atom is -0.468 e. The second-order valence-electron chi connectivity index (χ2n) is 6.11. The summed E-state index contributed by atoms with van der Waals surface area (Å²) < 4.78 is 6.23. The summed E-state index contributed by atoms with van der Waals surface area (Å²) in [5.41, 5.74) is 3.04. The van der Waals surface area contributed by atoms with Crippen LogP contribution in [0.1, 0.15) is 49.4 Å². The standard InChI is InChI=1S/C16H22N2O2/c1-5-6-18-15(19)17-13-9-16(18,4)20-14-8-11(3)10(2)7-12(13)14/h7-8,13H,5-6,9H2,1-4H3,(H,17,19). The van der Waals surface area contributed by atoms with Crippen LogP contribution in [0.5, 0.6) is 5.75 Å². The molecule has 2 atom stereocenters. The summed E-state index contributed by atoms with van der Waals surface area (Å²) in [4.78, 5) is 14.1. The minimum absolute atomic E-state index is 0.0190. The second-order valence-corrected chi connectivity index (χ2v) is 6.11. The first-order chi connectivity index (χ1) is 9.44. The average molecular weight is 274 g/mol. The van der Waals surface area contributed by atoms with Crippen molar-refractivity contribution in [1.29, 1.82) is 0 Å². The van der Waals surface area contributed by atoms with Crippen LogP contribution >= 0.6 is 0 Å². The van der Waals surface area contributed by atoms with E-state index in [1.165, 1.54) is 11.1 Å². The van der Waals surface area contributed by atoms with Gasteiger partial charge in [-0.2, -0.15) is 0 Å². The molecule has 1 fully saturated rings. The normalized spacial score (nSPS) is 27.7. The number of hydrogen-bond donors (Lipinski definition) is 1. The van der Waals surface area contributed by atoms with Crippen molar-refractivity contribution < 1.29 is 9.53 Å². The Morgan fingerprint density at radius 3 is 2.80 bits per heavy atom. The molecule has 108 valence electrons. The van der Waals surface area contributed by atoms with E-state index in [0.29, 0.717) is 0 Å². The molecular weight excluding hydrogens is 252 g/mol. The molecule has 1 aromatic carbocycles. The van der Waals surface area contributed by atoms with Crippen LogP contribution < -0.4 is 10.1 Å². The molecule has 0 aromatic heterocycles. The maximum atomic E-state index is 12.3. The summed E-state index contributed by atoms with van der Waals surface area (Å²) >= 11 is 0. The number of aryl methyl sites for hydroxylation is 2. The average Bonchev–Trinajstić information content (AvgIpc) is 2.37. The highest BCUT2D eigenvalue weighted by atomic mass is 16.5. The molecule has 0 spiro atoms. The van der Waals surface area contributed by atoms with Crippen molar-refractivity contribution in [3.63, 3.8) is 0 Å². The number of carbonyl (C=O) groups excluding carboxylic acids is 1. The summed E-state index contributed by atoms with van der Waals surface area (Å²) in [5.74, 6) is 0.910. The maximum Gasteiger partial charge on any atom is 0.320 e. The van der Waals surface area contributed by atoms with Gasteiger partial charge >= 0.3 is 6.03 Å². The Morgan fingerprint density at radius 2 is 2.10 bits per heavy atom. The third-order valence-corrected chi connectivity index (χ3v) is 4.48. The zero-order valence-electron chi connectivity index (χ0n) is 12.6.